The Labute approximate surface area is 133 Å². The second-order valence-corrected chi connectivity index (χ2v) is 4.55. The molecule has 0 bridgehead atoms. The van der Waals surface area contributed by atoms with Crippen molar-refractivity contribution in [2.24, 2.45) is 0 Å². The molecule has 0 radical (unpaired) electrons. The van der Waals surface area contributed by atoms with Crippen molar-refractivity contribution in [3.05, 3.63) is 41.9 Å². The number of carbonyl (C=O) groups excluding carboxylic acids is 1. The molecule has 0 saturated heterocycles. The molecular formula is C15H16N6O2. The topological polar surface area (TPSA) is 117 Å². The number of benzene rings is 1. The lowest BCUT2D eigenvalue weighted by atomic mass is 10.1. The number of esters is 1. The van der Waals surface area contributed by atoms with Gasteiger partial charge in [0.15, 0.2) is 0 Å². The highest BCUT2D eigenvalue weighted by molar-refractivity contribution is 5.74. The number of allylic oxidation sites excluding steroid dienone is 1. The van der Waals surface area contributed by atoms with Gasteiger partial charge in [0.1, 0.15) is 11.6 Å². The van der Waals surface area contributed by atoms with Crippen LogP contribution in [0.15, 0.2) is 30.5 Å². The molecule has 1 aromatic heterocycles. The van der Waals surface area contributed by atoms with Crippen LogP contribution < -0.4 is 5.32 Å². The van der Waals surface area contributed by atoms with Gasteiger partial charge in [0.05, 0.1) is 6.61 Å². The predicted octanol–water partition coefficient (Wildman–Crippen LogP) is 1.67. The van der Waals surface area contributed by atoms with Crippen LogP contribution in [0.1, 0.15) is 24.7 Å². The van der Waals surface area contributed by atoms with Crippen LogP contribution in [-0.2, 0) is 16.0 Å². The van der Waals surface area contributed by atoms with Crippen LogP contribution in [0.4, 0.5) is 5.69 Å². The number of rotatable bonds is 7. The molecule has 0 aliphatic rings. The van der Waals surface area contributed by atoms with Gasteiger partial charge in [-0.25, -0.2) is 0 Å². The molecule has 0 amide bonds. The molecule has 0 unspecified atom stereocenters. The molecule has 1 heterocycles. The summed E-state index contributed by atoms with van der Waals surface area (Å²) in [4.78, 5) is 11.3. The Bertz CT molecular complexity index is 701. The number of nitrogens with one attached hydrogen (secondary N) is 2. The van der Waals surface area contributed by atoms with Crippen molar-refractivity contribution in [3.8, 4) is 6.07 Å². The van der Waals surface area contributed by atoms with E-state index in [-0.39, 0.29) is 17.4 Å². The standard InChI is InChI=1S/C15H16N6O2/c1-2-23-14(22)8-5-11-3-6-13(7-4-11)17-10-12(9-16)15-18-20-21-19-15/h3-4,6-7,10,17H,2,5,8H2,1H3,(H,18,19,20,21). The average Bonchev–Trinajstić information content (AvgIpc) is 3.09. The minimum atomic E-state index is -0.198. The third kappa shape index (κ3) is 4.93. The number of carbonyl (C=O) groups is 1. The van der Waals surface area contributed by atoms with Gasteiger partial charge in [-0.05, 0) is 36.3 Å². The average molecular weight is 312 g/mol. The first-order chi connectivity index (χ1) is 11.2. The molecule has 2 N–H and O–H groups in total. The lowest BCUT2D eigenvalue weighted by Gasteiger charge is -2.05. The zero-order valence-electron chi connectivity index (χ0n) is 12.6. The summed E-state index contributed by atoms with van der Waals surface area (Å²) in [5.74, 6) is 0.0301. The van der Waals surface area contributed by atoms with Crippen LogP contribution in [0.5, 0.6) is 0 Å². The van der Waals surface area contributed by atoms with E-state index >= 15 is 0 Å². The van der Waals surface area contributed by atoms with Crippen LogP contribution >= 0.6 is 0 Å². The number of nitrogens with zero attached hydrogens (tertiary/aromatic N) is 4. The van der Waals surface area contributed by atoms with Gasteiger partial charge in [-0.15, -0.1) is 10.2 Å². The minimum absolute atomic E-state index is 0.198. The van der Waals surface area contributed by atoms with Crippen LogP contribution in [-0.4, -0.2) is 33.2 Å². The summed E-state index contributed by atoms with van der Waals surface area (Å²) in [6.45, 7) is 2.19. The molecule has 0 fully saturated rings. The minimum Gasteiger partial charge on any atom is -0.466 e. The van der Waals surface area contributed by atoms with Crippen LogP contribution in [0.25, 0.3) is 5.57 Å². The smallest absolute Gasteiger partial charge is 0.306 e. The first-order valence-corrected chi connectivity index (χ1v) is 7.08. The van der Waals surface area contributed by atoms with Gasteiger partial charge < -0.3 is 10.1 Å². The summed E-state index contributed by atoms with van der Waals surface area (Å²) in [6.07, 6.45) is 2.50. The summed E-state index contributed by atoms with van der Waals surface area (Å²) in [5, 5.41) is 25.3. The molecule has 2 aromatic rings. The molecule has 1 aromatic carbocycles. The van der Waals surface area contributed by atoms with Gasteiger partial charge in [-0.2, -0.15) is 10.5 Å². The third-order valence-electron chi connectivity index (χ3n) is 2.97. The molecule has 8 nitrogen and oxygen atoms in total. The monoisotopic (exact) mass is 312 g/mol. The number of tetrazole rings is 1. The Balaban J connectivity index is 1.92. The number of nitriles is 1. The van der Waals surface area contributed by atoms with Crippen molar-refractivity contribution in [2.45, 2.75) is 19.8 Å². The quantitative estimate of drug-likeness (QED) is 0.590. The Hall–Kier alpha value is -3.21. The zero-order chi connectivity index (χ0) is 16.5. The Morgan fingerprint density at radius 3 is 2.83 bits per heavy atom. The Morgan fingerprint density at radius 1 is 1.43 bits per heavy atom. The van der Waals surface area contributed by atoms with Gasteiger partial charge in [-0.1, -0.05) is 12.1 Å². The van der Waals surface area contributed by atoms with E-state index in [4.69, 9.17) is 10.00 Å². The maximum Gasteiger partial charge on any atom is 0.306 e. The van der Waals surface area contributed by atoms with Gasteiger partial charge in [0.25, 0.3) is 0 Å². The lowest BCUT2D eigenvalue weighted by Crippen LogP contribution is -2.05. The van der Waals surface area contributed by atoms with Gasteiger partial charge in [0.2, 0.25) is 5.82 Å². The molecule has 118 valence electrons. The van der Waals surface area contributed by atoms with E-state index in [1.165, 1.54) is 6.20 Å². The van der Waals surface area contributed by atoms with Crippen molar-refractivity contribution in [3.63, 3.8) is 0 Å². The lowest BCUT2D eigenvalue weighted by molar-refractivity contribution is -0.143. The largest absolute Gasteiger partial charge is 0.466 e. The van der Waals surface area contributed by atoms with Crippen LogP contribution in [0.2, 0.25) is 0 Å². The van der Waals surface area contributed by atoms with Crippen molar-refractivity contribution in [1.29, 1.82) is 5.26 Å². The second-order valence-electron chi connectivity index (χ2n) is 4.55. The third-order valence-corrected chi connectivity index (χ3v) is 2.97. The summed E-state index contributed by atoms with van der Waals surface area (Å²) < 4.78 is 4.89. The Morgan fingerprint density at radius 2 is 2.22 bits per heavy atom. The highest BCUT2D eigenvalue weighted by Crippen LogP contribution is 2.13. The maximum atomic E-state index is 11.3. The first kappa shape index (κ1) is 16.2. The van der Waals surface area contributed by atoms with Crippen LogP contribution in [0.3, 0.4) is 0 Å². The molecule has 0 saturated carbocycles. The van der Waals surface area contributed by atoms with Gasteiger partial charge in [-0.3, -0.25) is 4.79 Å². The van der Waals surface area contributed by atoms with Crippen molar-refractivity contribution in [2.75, 3.05) is 11.9 Å². The van der Waals surface area contributed by atoms with Gasteiger partial charge >= 0.3 is 5.97 Å². The number of ether oxygens (including phenoxy) is 1. The molecule has 0 aliphatic heterocycles. The number of hydrogen-bond acceptors (Lipinski definition) is 7. The number of aromatic amines is 1. The molecule has 2 rings (SSSR count). The SMILES string of the molecule is CCOC(=O)CCc1ccc(NC=C(C#N)c2nn[nH]n2)cc1. The molecule has 0 aliphatic carbocycles. The van der Waals surface area contributed by atoms with E-state index in [0.717, 1.165) is 11.3 Å². The summed E-state index contributed by atoms with van der Waals surface area (Å²) >= 11 is 0. The Kier molecular flexibility index (Phi) is 5.82. The van der Waals surface area contributed by atoms with Crippen molar-refractivity contribution in [1.82, 2.24) is 20.6 Å². The summed E-state index contributed by atoms with van der Waals surface area (Å²) in [6, 6.07) is 9.54. The van der Waals surface area contributed by atoms with E-state index in [1.54, 1.807) is 6.92 Å². The fourth-order valence-corrected chi connectivity index (χ4v) is 1.83. The molecule has 23 heavy (non-hydrogen) atoms. The molecule has 8 heteroatoms. The number of aromatic nitrogens is 4. The summed E-state index contributed by atoms with van der Waals surface area (Å²) in [5.41, 5.74) is 2.11. The van der Waals surface area contributed by atoms with E-state index in [2.05, 4.69) is 25.9 Å². The summed E-state index contributed by atoms with van der Waals surface area (Å²) in [7, 11) is 0. The van der Waals surface area contributed by atoms with Gasteiger partial charge in [0, 0.05) is 18.3 Å². The van der Waals surface area contributed by atoms with Crippen LogP contribution in [0, 0.1) is 11.3 Å². The van der Waals surface area contributed by atoms with E-state index < -0.39 is 0 Å². The highest BCUT2D eigenvalue weighted by Gasteiger charge is 2.05. The fraction of sp³-hybridized carbons (Fsp3) is 0.267. The van der Waals surface area contributed by atoms with E-state index in [9.17, 15) is 4.79 Å². The molecular weight excluding hydrogens is 296 g/mol. The maximum absolute atomic E-state index is 11.3. The fourth-order valence-electron chi connectivity index (χ4n) is 1.83. The second kappa shape index (κ2) is 8.29. The molecule has 0 atom stereocenters. The van der Waals surface area contributed by atoms with E-state index in [1.807, 2.05) is 30.3 Å². The molecule has 0 spiro atoms. The number of aryl methyl sites for hydroxylation is 1. The van der Waals surface area contributed by atoms with Crippen molar-refractivity contribution >= 4 is 17.2 Å². The first-order valence-electron chi connectivity index (χ1n) is 7.08. The number of anilines is 1. The number of hydrogen-bond donors (Lipinski definition) is 2. The predicted molar refractivity (Wildman–Crippen MR) is 82.8 cm³/mol. The normalized spacial score (nSPS) is 10.9. The zero-order valence-corrected chi connectivity index (χ0v) is 12.6. The highest BCUT2D eigenvalue weighted by atomic mass is 16.5. The number of H-pyrrole nitrogens is 1. The van der Waals surface area contributed by atoms with Crippen molar-refractivity contribution < 1.29 is 9.53 Å². The van der Waals surface area contributed by atoms with E-state index in [0.29, 0.717) is 19.4 Å².